The summed E-state index contributed by atoms with van der Waals surface area (Å²) in [5.74, 6) is 0. The third-order valence-corrected chi connectivity index (χ3v) is 1.40. The average Bonchev–Trinajstić information content (AvgIpc) is 2.01. The topological polar surface area (TPSA) is 24.5 Å². The van der Waals surface area contributed by atoms with Crippen LogP contribution in [0.1, 0.15) is 0 Å². The summed E-state index contributed by atoms with van der Waals surface area (Å²) in [6, 6.07) is 0. The Balaban J connectivity index is 2.92. The van der Waals surface area contributed by atoms with Gasteiger partial charge in [0.2, 0.25) is 0 Å². The molecule has 0 aromatic carbocycles. The third kappa shape index (κ3) is 11.7. The van der Waals surface area contributed by atoms with Gasteiger partial charge in [0, 0.05) is 13.1 Å². The summed E-state index contributed by atoms with van der Waals surface area (Å²) < 4.78 is 28.4. The van der Waals surface area contributed by atoms with Crippen LogP contribution in [0.5, 0.6) is 0 Å². The zero-order valence-corrected chi connectivity index (χ0v) is 8.22. The van der Waals surface area contributed by atoms with E-state index in [0.717, 1.165) is 6.54 Å². The predicted molar refractivity (Wildman–Crippen MR) is 48.2 cm³/mol. The van der Waals surface area contributed by atoms with Gasteiger partial charge in [-0.2, -0.15) is 0 Å². The molecule has 0 heterocycles. The molecule has 0 fully saturated rings. The molecule has 0 unspecified atom stereocenters. The first kappa shape index (κ1) is 12.7. The first-order valence-corrected chi connectivity index (χ1v) is 4.34. The van der Waals surface area contributed by atoms with E-state index >= 15 is 0 Å². The van der Waals surface area contributed by atoms with E-state index in [0.29, 0.717) is 19.8 Å². The van der Waals surface area contributed by atoms with Crippen LogP contribution < -0.4 is 5.32 Å². The maximum Gasteiger partial charge on any atom is 0.250 e. The summed E-state index contributed by atoms with van der Waals surface area (Å²) in [5, 5.41) is 2.58. The van der Waals surface area contributed by atoms with E-state index in [-0.39, 0.29) is 6.54 Å². The highest BCUT2D eigenvalue weighted by Crippen LogP contribution is 1.86. The van der Waals surface area contributed by atoms with Crippen LogP contribution in [-0.2, 0) is 4.74 Å². The van der Waals surface area contributed by atoms with Crippen LogP contribution in [0.3, 0.4) is 0 Å². The second-order valence-electron chi connectivity index (χ2n) is 3.01. The number of hydrogen-bond acceptors (Lipinski definition) is 3. The molecule has 0 saturated carbocycles. The Hall–Kier alpha value is -0.260. The summed E-state index contributed by atoms with van der Waals surface area (Å²) >= 11 is 0. The van der Waals surface area contributed by atoms with Crippen molar-refractivity contribution in [2.24, 2.45) is 0 Å². The van der Waals surface area contributed by atoms with Crippen LogP contribution in [0, 0.1) is 0 Å². The van der Waals surface area contributed by atoms with Crippen molar-refractivity contribution in [1.29, 1.82) is 0 Å². The molecule has 0 aromatic heterocycles. The van der Waals surface area contributed by atoms with Crippen LogP contribution in [-0.4, -0.2) is 58.3 Å². The number of halogens is 2. The van der Waals surface area contributed by atoms with Crippen LogP contribution in [0.25, 0.3) is 0 Å². The van der Waals surface area contributed by atoms with Gasteiger partial charge in [-0.1, -0.05) is 0 Å². The molecule has 5 heteroatoms. The van der Waals surface area contributed by atoms with Gasteiger partial charge in [-0.15, -0.1) is 0 Å². The Kier molecular flexibility index (Phi) is 8.18. The lowest BCUT2D eigenvalue weighted by Crippen LogP contribution is -2.26. The molecule has 0 aliphatic rings. The molecular formula is C8H18F2N2O. The van der Waals surface area contributed by atoms with E-state index < -0.39 is 6.43 Å². The van der Waals surface area contributed by atoms with Gasteiger partial charge in [-0.25, -0.2) is 8.78 Å². The smallest absolute Gasteiger partial charge is 0.250 e. The van der Waals surface area contributed by atoms with Gasteiger partial charge in [0.25, 0.3) is 6.43 Å². The molecule has 1 N–H and O–H groups in total. The lowest BCUT2D eigenvalue weighted by atomic mass is 10.6. The van der Waals surface area contributed by atoms with Crippen molar-refractivity contribution in [2.75, 3.05) is 46.9 Å². The lowest BCUT2D eigenvalue weighted by molar-refractivity contribution is 0.109. The van der Waals surface area contributed by atoms with Crippen molar-refractivity contribution >= 4 is 0 Å². The van der Waals surface area contributed by atoms with Crippen molar-refractivity contribution in [1.82, 2.24) is 10.2 Å². The highest BCUT2D eigenvalue weighted by atomic mass is 19.3. The normalized spacial score (nSPS) is 11.5. The Labute approximate surface area is 78.0 Å². The van der Waals surface area contributed by atoms with Gasteiger partial charge < -0.3 is 15.0 Å². The summed E-state index contributed by atoms with van der Waals surface area (Å²) in [5.41, 5.74) is 0. The van der Waals surface area contributed by atoms with Gasteiger partial charge in [-0.3, -0.25) is 0 Å². The number of likely N-dealkylation sites (N-methyl/N-ethyl adjacent to an activating group) is 1. The number of alkyl halides is 2. The summed E-state index contributed by atoms with van der Waals surface area (Å²) in [6.07, 6.45) is -2.28. The fourth-order valence-corrected chi connectivity index (χ4v) is 0.705. The average molecular weight is 196 g/mol. The number of ether oxygens (including phenoxy) is 1. The fourth-order valence-electron chi connectivity index (χ4n) is 0.705. The molecule has 0 atom stereocenters. The SMILES string of the molecule is CN(C)CCOCCNCC(F)F. The summed E-state index contributed by atoms with van der Waals surface area (Å²) in [6.45, 7) is 2.22. The van der Waals surface area contributed by atoms with Gasteiger partial charge >= 0.3 is 0 Å². The standard InChI is InChI=1S/C8H18F2N2O/c1-12(2)4-6-13-5-3-11-7-8(9)10/h8,11H,3-7H2,1-2H3. The highest BCUT2D eigenvalue weighted by Gasteiger charge is 1.99. The molecule has 0 radical (unpaired) electrons. The van der Waals surface area contributed by atoms with Gasteiger partial charge in [-0.05, 0) is 14.1 Å². The Morgan fingerprint density at radius 2 is 2.00 bits per heavy atom. The first-order valence-electron chi connectivity index (χ1n) is 4.34. The Bertz CT molecular complexity index is 100. The van der Waals surface area contributed by atoms with Crippen molar-refractivity contribution in [3.05, 3.63) is 0 Å². The zero-order chi connectivity index (χ0) is 10.1. The second-order valence-corrected chi connectivity index (χ2v) is 3.01. The van der Waals surface area contributed by atoms with Gasteiger partial charge in [0.1, 0.15) is 0 Å². The third-order valence-electron chi connectivity index (χ3n) is 1.40. The van der Waals surface area contributed by atoms with Crippen LogP contribution in [0.15, 0.2) is 0 Å². The van der Waals surface area contributed by atoms with Crippen molar-refractivity contribution in [3.8, 4) is 0 Å². The molecule has 13 heavy (non-hydrogen) atoms. The molecule has 0 amide bonds. The van der Waals surface area contributed by atoms with Crippen molar-refractivity contribution in [2.45, 2.75) is 6.43 Å². The molecule has 0 rings (SSSR count). The van der Waals surface area contributed by atoms with E-state index in [9.17, 15) is 8.78 Å². The Morgan fingerprint density at radius 3 is 2.54 bits per heavy atom. The molecule has 3 nitrogen and oxygen atoms in total. The van der Waals surface area contributed by atoms with E-state index in [4.69, 9.17) is 4.74 Å². The minimum atomic E-state index is -2.28. The van der Waals surface area contributed by atoms with Gasteiger partial charge in [0.15, 0.2) is 0 Å². The maximum absolute atomic E-state index is 11.6. The predicted octanol–water partition coefficient (Wildman–Crippen LogP) is 0.419. The number of nitrogens with one attached hydrogen (secondary N) is 1. The zero-order valence-electron chi connectivity index (χ0n) is 8.22. The number of nitrogens with zero attached hydrogens (tertiary/aromatic N) is 1. The molecule has 0 aliphatic heterocycles. The molecule has 0 aliphatic carbocycles. The van der Waals surface area contributed by atoms with Crippen molar-refractivity contribution < 1.29 is 13.5 Å². The minimum absolute atomic E-state index is 0.253. The molecule has 0 bridgehead atoms. The van der Waals surface area contributed by atoms with E-state index in [2.05, 4.69) is 5.32 Å². The monoisotopic (exact) mass is 196 g/mol. The van der Waals surface area contributed by atoms with E-state index in [1.807, 2.05) is 19.0 Å². The maximum atomic E-state index is 11.6. The Morgan fingerprint density at radius 1 is 1.31 bits per heavy atom. The molecule has 0 spiro atoms. The number of rotatable bonds is 8. The summed E-state index contributed by atoms with van der Waals surface area (Å²) in [7, 11) is 3.91. The minimum Gasteiger partial charge on any atom is -0.379 e. The highest BCUT2D eigenvalue weighted by molar-refractivity contribution is 4.48. The first-order chi connectivity index (χ1) is 6.13. The molecule has 0 aromatic rings. The molecular weight excluding hydrogens is 178 g/mol. The van der Waals surface area contributed by atoms with Crippen molar-refractivity contribution in [3.63, 3.8) is 0 Å². The van der Waals surface area contributed by atoms with E-state index in [1.54, 1.807) is 0 Å². The van der Waals surface area contributed by atoms with Gasteiger partial charge in [0.05, 0.1) is 19.8 Å². The van der Waals surface area contributed by atoms with Crippen LogP contribution >= 0.6 is 0 Å². The summed E-state index contributed by atoms with van der Waals surface area (Å²) in [4.78, 5) is 2.01. The van der Waals surface area contributed by atoms with Crippen LogP contribution in [0.4, 0.5) is 8.78 Å². The van der Waals surface area contributed by atoms with E-state index in [1.165, 1.54) is 0 Å². The largest absolute Gasteiger partial charge is 0.379 e. The number of hydrogen-bond donors (Lipinski definition) is 1. The van der Waals surface area contributed by atoms with Crippen LogP contribution in [0.2, 0.25) is 0 Å². The second kappa shape index (κ2) is 8.34. The fraction of sp³-hybridized carbons (Fsp3) is 1.00. The molecule has 0 saturated heterocycles. The quantitative estimate of drug-likeness (QED) is 0.569. The molecule has 80 valence electrons. The lowest BCUT2D eigenvalue weighted by Gasteiger charge is -2.09.